The molecule has 0 aliphatic carbocycles. The molecule has 0 radical (unpaired) electrons. The van der Waals surface area contributed by atoms with Gasteiger partial charge >= 0.3 is 0 Å². The Bertz CT molecular complexity index is 1110. The van der Waals surface area contributed by atoms with E-state index in [4.69, 9.17) is 14.2 Å². The molecule has 0 fully saturated rings. The molecule has 0 aliphatic heterocycles. The fourth-order valence-electron chi connectivity index (χ4n) is 3.28. The number of nitrogens with zero attached hydrogens (tertiary/aromatic N) is 2. The SMILES string of the molecule is COc1cc(-c2nccn3cc(-c4ccc(F)cc4)cc23)cc(OC)c1OC. The van der Waals surface area contributed by atoms with E-state index in [1.165, 1.54) is 12.1 Å². The zero-order valence-corrected chi connectivity index (χ0v) is 15.8. The van der Waals surface area contributed by atoms with Crippen molar-refractivity contribution in [3.8, 4) is 39.6 Å². The van der Waals surface area contributed by atoms with Crippen LogP contribution in [0.1, 0.15) is 0 Å². The molecule has 0 saturated heterocycles. The molecular formula is C22H19FN2O3. The van der Waals surface area contributed by atoms with Crippen LogP contribution in [0.25, 0.3) is 27.9 Å². The normalized spacial score (nSPS) is 10.9. The molecule has 0 saturated carbocycles. The van der Waals surface area contributed by atoms with Crippen LogP contribution in [0.15, 0.2) is 61.1 Å². The summed E-state index contributed by atoms with van der Waals surface area (Å²) in [7, 11) is 4.74. The molecule has 142 valence electrons. The van der Waals surface area contributed by atoms with Crippen molar-refractivity contribution in [1.29, 1.82) is 0 Å². The number of hydrogen-bond donors (Lipinski definition) is 0. The summed E-state index contributed by atoms with van der Waals surface area (Å²) in [5.74, 6) is 1.40. The number of rotatable bonds is 5. The summed E-state index contributed by atoms with van der Waals surface area (Å²) in [5.41, 5.74) is 4.43. The van der Waals surface area contributed by atoms with Gasteiger partial charge in [-0.1, -0.05) is 12.1 Å². The highest BCUT2D eigenvalue weighted by Gasteiger charge is 2.17. The van der Waals surface area contributed by atoms with Gasteiger partial charge < -0.3 is 18.6 Å². The maximum absolute atomic E-state index is 13.2. The first-order valence-electron chi connectivity index (χ1n) is 8.67. The number of methoxy groups -OCH3 is 3. The van der Waals surface area contributed by atoms with Gasteiger partial charge in [0.15, 0.2) is 11.5 Å². The van der Waals surface area contributed by atoms with Crippen molar-refractivity contribution >= 4 is 5.52 Å². The Hall–Kier alpha value is -3.54. The van der Waals surface area contributed by atoms with Gasteiger partial charge in [0, 0.05) is 29.7 Å². The van der Waals surface area contributed by atoms with Gasteiger partial charge in [0.1, 0.15) is 5.82 Å². The topological polar surface area (TPSA) is 45.0 Å². The molecule has 0 aliphatic rings. The van der Waals surface area contributed by atoms with Crippen molar-refractivity contribution in [3.63, 3.8) is 0 Å². The van der Waals surface area contributed by atoms with E-state index >= 15 is 0 Å². The molecular weight excluding hydrogens is 359 g/mol. The molecule has 5 nitrogen and oxygen atoms in total. The Kier molecular flexibility index (Phi) is 4.61. The predicted octanol–water partition coefficient (Wildman–Crippen LogP) is 4.83. The van der Waals surface area contributed by atoms with Crippen LogP contribution in [0.3, 0.4) is 0 Å². The molecule has 0 N–H and O–H groups in total. The smallest absolute Gasteiger partial charge is 0.203 e. The lowest BCUT2D eigenvalue weighted by Crippen LogP contribution is -1.97. The minimum atomic E-state index is -0.257. The van der Waals surface area contributed by atoms with E-state index in [1.807, 2.05) is 35.0 Å². The molecule has 4 aromatic rings. The molecule has 0 spiro atoms. The van der Waals surface area contributed by atoms with E-state index in [1.54, 1.807) is 39.7 Å². The summed E-state index contributed by atoms with van der Waals surface area (Å²) in [5, 5.41) is 0. The summed E-state index contributed by atoms with van der Waals surface area (Å²) < 4.78 is 31.6. The third kappa shape index (κ3) is 3.03. The first-order chi connectivity index (χ1) is 13.6. The minimum Gasteiger partial charge on any atom is -0.493 e. The van der Waals surface area contributed by atoms with Crippen LogP contribution in [0.2, 0.25) is 0 Å². The van der Waals surface area contributed by atoms with Crippen molar-refractivity contribution in [2.24, 2.45) is 0 Å². The van der Waals surface area contributed by atoms with Crippen LogP contribution in [0, 0.1) is 5.82 Å². The lowest BCUT2D eigenvalue weighted by atomic mass is 10.1. The summed E-state index contributed by atoms with van der Waals surface area (Å²) in [6, 6.07) is 12.2. The van der Waals surface area contributed by atoms with Gasteiger partial charge in [0.25, 0.3) is 0 Å². The highest BCUT2D eigenvalue weighted by molar-refractivity contribution is 5.83. The van der Waals surface area contributed by atoms with Crippen molar-refractivity contribution < 1.29 is 18.6 Å². The number of halogens is 1. The molecule has 0 amide bonds. The molecule has 2 aromatic heterocycles. The second-order valence-electron chi connectivity index (χ2n) is 6.22. The molecule has 2 aromatic carbocycles. The first-order valence-corrected chi connectivity index (χ1v) is 8.67. The maximum Gasteiger partial charge on any atom is 0.203 e. The lowest BCUT2D eigenvalue weighted by Gasteiger charge is -2.14. The van der Waals surface area contributed by atoms with E-state index in [0.717, 1.165) is 27.9 Å². The number of aromatic nitrogens is 2. The van der Waals surface area contributed by atoms with E-state index in [0.29, 0.717) is 17.2 Å². The van der Waals surface area contributed by atoms with Gasteiger partial charge in [0.2, 0.25) is 5.75 Å². The van der Waals surface area contributed by atoms with Crippen LogP contribution < -0.4 is 14.2 Å². The van der Waals surface area contributed by atoms with E-state index in [9.17, 15) is 4.39 Å². The monoisotopic (exact) mass is 378 g/mol. The number of benzene rings is 2. The Morgan fingerprint density at radius 1 is 0.821 bits per heavy atom. The summed E-state index contributed by atoms with van der Waals surface area (Å²) in [6.45, 7) is 0. The van der Waals surface area contributed by atoms with Gasteiger partial charge in [-0.15, -0.1) is 0 Å². The van der Waals surface area contributed by atoms with Crippen molar-refractivity contribution in [2.45, 2.75) is 0 Å². The van der Waals surface area contributed by atoms with Crippen LogP contribution in [0.4, 0.5) is 4.39 Å². The molecule has 4 rings (SSSR count). The number of hydrogen-bond acceptors (Lipinski definition) is 4. The highest BCUT2D eigenvalue weighted by atomic mass is 19.1. The fraction of sp³-hybridized carbons (Fsp3) is 0.136. The standard InChI is InChI=1S/C22H19FN2O3/c1-26-19-11-15(12-20(27-2)22(19)28-3)21-18-10-16(13-25(18)9-8-24-21)14-4-6-17(23)7-5-14/h4-13H,1-3H3. The molecule has 6 heteroatoms. The molecule has 28 heavy (non-hydrogen) atoms. The molecule has 0 bridgehead atoms. The fourth-order valence-corrected chi connectivity index (χ4v) is 3.28. The van der Waals surface area contributed by atoms with Gasteiger partial charge in [0.05, 0.1) is 32.5 Å². The number of fused-ring (bicyclic) bond motifs is 1. The van der Waals surface area contributed by atoms with Crippen molar-refractivity contribution in [3.05, 3.63) is 66.9 Å². The quantitative estimate of drug-likeness (QED) is 0.499. The maximum atomic E-state index is 13.2. The van der Waals surface area contributed by atoms with Crippen LogP contribution in [0.5, 0.6) is 17.2 Å². The van der Waals surface area contributed by atoms with Gasteiger partial charge in [-0.05, 0) is 35.9 Å². The van der Waals surface area contributed by atoms with Crippen molar-refractivity contribution in [2.75, 3.05) is 21.3 Å². The third-order valence-electron chi connectivity index (χ3n) is 4.64. The Morgan fingerprint density at radius 2 is 1.50 bits per heavy atom. The highest BCUT2D eigenvalue weighted by Crippen LogP contribution is 2.41. The van der Waals surface area contributed by atoms with E-state index < -0.39 is 0 Å². The van der Waals surface area contributed by atoms with E-state index in [2.05, 4.69) is 4.98 Å². The zero-order valence-electron chi connectivity index (χ0n) is 15.8. The zero-order chi connectivity index (χ0) is 19.7. The summed E-state index contributed by atoms with van der Waals surface area (Å²) >= 11 is 0. The largest absolute Gasteiger partial charge is 0.493 e. The van der Waals surface area contributed by atoms with Gasteiger partial charge in [-0.3, -0.25) is 4.98 Å². The van der Waals surface area contributed by atoms with Crippen LogP contribution in [-0.4, -0.2) is 30.7 Å². The predicted molar refractivity (Wildman–Crippen MR) is 106 cm³/mol. The second kappa shape index (κ2) is 7.23. The number of ether oxygens (including phenoxy) is 3. The first kappa shape index (κ1) is 17.9. The van der Waals surface area contributed by atoms with Crippen molar-refractivity contribution in [1.82, 2.24) is 9.38 Å². The molecule has 2 heterocycles. The summed E-state index contributed by atoms with van der Waals surface area (Å²) in [6.07, 6.45) is 5.61. The second-order valence-corrected chi connectivity index (χ2v) is 6.22. The average molecular weight is 378 g/mol. The molecule has 0 atom stereocenters. The third-order valence-corrected chi connectivity index (χ3v) is 4.64. The Morgan fingerprint density at radius 3 is 2.11 bits per heavy atom. The minimum absolute atomic E-state index is 0.257. The van der Waals surface area contributed by atoms with Crippen LogP contribution >= 0.6 is 0 Å². The summed E-state index contributed by atoms with van der Waals surface area (Å²) in [4.78, 5) is 4.57. The molecule has 0 unspecified atom stereocenters. The van der Waals surface area contributed by atoms with Gasteiger partial charge in [-0.2, -0.15) is 0 Å². The van der Waals surface area contributed by atoms with Crippen LogP contribution in [-0.2, 0) is 0 Å². The average Bonchev–Trinajstić information content (AvgIpc) is 3.17. The van der Waals surface area contributed by atoms with Gasteiger partial charge in [-0.25, -0.2) is 4.39 Å². The Balaban J connectivity index is 1.89. The Labute approximate surface area is 161 Å². The van der Waals surface area contributed by atoms with E-state index in [-0.39, 0.29) is 5.82 Å². The lowest BCUT2D eigenvalue weighted by molar-refractivity contribution is 0.324.